The molecule has 6 atom stereocenters. The smallest absolute Gasteiger partial charge is 0.306 e. The molecule has 1 aliphatic rings. The highest BCUT2D eigenvalue weighted by Gasteiger charge is 2.44. The van der Waals surface area contributed by atoms with Crippen LogP contribution in [0.1, 0.15) is 206 Å². The molecule has 4 N–H and O–H groups in total. The first-order chi connectivity index (χ1) is 32.8. The highest BCUT2D eigenvalue weighted by Crippen LogP contribution is 2.23. The Morgan fingerprint density at radius 1 is 0.478 bits per heavy atom. The summed E-state index contributed by atoms with van der Waals surface area (Å²) in [4.78, 5) is 25.4. The molecule has 10 heteroatoms. The van der Waals surface area contributed by atoms with Gasteiger partial charge in [0.05, 0.1) is 13.2 Å². The van der Waals surface area contributed by atoms with Crippen molar-refractivity contribution in [2.45, 2.75) is 243 Å². The van der Waals surface area contributed by atoms with Crippen molar-refractivity contribution in [1.29, 1.82) is 0 Å². The second-order valence-electron chi connectivity index (χ2n) is 17.9. The average Bonchev–Trinajstić information content (AvgIpc) is 3.33. The van der Waals surface area contributed by atoms with E-state index in [9.17, 15) is 30.0 Å². The number of aliphatic hydroxyl groups is 4. The van der Waals surface area contributed by atoms with Crippen LogP contribution in [0.15, 0.2) is 85.1 Å². The molecule has 0 saturated carbocycles. The summed E-state index contributed by atoms with van der Waals surface area (Å²) in [5, 5.41) is 40.2. The quantitative estimate of drug-likeness (QED) is 0.0264. The zero-order chi connectivity index (χ0) is 48.7. The number of rotatable bonds is 44. The molecule has 6 unspecified atom stereocenters. The topological polar surface area (TPSA) is 152 Å². The number of aliphatic hydroxyl groups excluding tert-OH is 4. The van der Waals surface area contributed by atoms with Crippen LogP contribution in [-0.4, -0.2) is 89.0 Å². The molecule has 0 aliphatic carbocycles. The van der Waals surface area contributed by atoms with Gasteiger partial charge in [-0.25, -0.2) is 0 Å². The molecule has 1 saturated heterocycles. The number of unbranched alkanes of at least 4 members (excludes halogenated alkanes) is 19. The van der Waals surface area contributed by atoms with E-state index >= 15 is 0 Å². The van der Waals surface area contributed by atoms with E-state index in [1.54, 1.807) is 0 Å². The molecular formula is C57H96O10. The predicted octanol–water partition coefficient (Wildman–Crippen LogP) is 12.9. The van der Waals surface area contributed by atoms with Gasteiger partial charge in [0.15, 0.2) is 12.4 Å². The molecule has 1 fully saturated rings. The summed E-state index contributed by atoms with van der Waals surface area (Å²) in [5.74, 6) is -0.906. The van der Waals surface area contributed by atoms with Crippen LogP contribution in [0.2, 0.25) is 0 Å². The van der Waals surface area contributed by atoms with E-state index in [-0.39, 0.29) is 26.1 Å². The molecule has 0 aromatic rings. The third kappa shape index (κ3) is 37.5. The normalized spacial score (nSPS) is 19.8. The van der Waals surface area contributed by atoms with E-state index in [4.69, 9.17) is 18.9 Å². The molecule has 0 spiro atoms. The lowest BCUT2D eigenvalue weighted by Crippen LogP contribution is -2.59. The molecular weight excluding hydrogens is 845 g/mol. The molecule has 0 radical (unpaired) electrons. The molecule has 1 rings (SSSR count). The lowest BCUT2D eigenvalue weighted by Gasteiger charge is -2.39. The summed E-state index contributed by atoms with van der Waals surface area (Å²) in [5.41, 5.74) is 0. The van der Waals surface area contributed by atoms with Crippen LogP contribution >= 0.6 is 0 Å². The SMILES string of the molecule is CC/C=C\C/C=C\C/C=C\C/C=C\C/C=C\C/C=C\CCC(=O)OC(COC(=O)CCCCCCCCCCCCC/C=C\CCCCCCCCCC)COC1OC(CO)C(O)C(O)C1O. The van der Waals surface area contributed by atoms with Gasteiger partial charge < -0.3 is 39.4 Å². The van der Waals surface area contributed by atoms with E-state index in [0.29, 0.717) is 12.8 Å². The Morgan fingerprint density at radius 2 is 0.910 bits per heavy atom. The lowest BCUT2D eigenvalue weighted by molar-refractivity contribution is -0.305. The van der Waals surface area contributed by atoms with Gasteiger partial charge >= 0.3 is 11.9 Å². The summed E-state index contributed by atoms with van der Waals surface area (Å²) >= 11 is 0. The zero-order valence-corrected chi connectivity index (χ0v) is 42.1. The molecule has 67 heavy (non-hydrogen) atoms. The fourth-order valence-corrected chi connectivity index (χ4v) is 7.62. The number of carbonyl (C=O) groups is 2. The number of ether oxygens (including phenoxy) is 4. The zero-order valence-electron chi connectivity index (χ0n) is 42.1. The first-order valence-electron chi connectivity index (χ1n) is 26.7. The minimum atomic E-state index is -1.61. The minimum absolute atomic E-state index is 0.101. The van der Waals surface area contributed by atoms with Gasteiger partial charge in [-0.3, -0.25) is 9.59 Å². The van der Waals surface area contributed by atoms with Crippen molar-refractivity contribution in [3.63, 3.8) is 0 Å². The first-order valence-corrected chi connectivity index (χ1v) is 26.7. The van der Waals surface area contributed by atoms with Crippen molar-refractivity contribution in [2.75, 3.05) is 19.8 Å². The van der Waals surface area contributed by atoms with Gasteiger partial charge in [0, 0.05) is 12.8 Å². The summed E-state index contributed by atoms with van der Waals surface area (Å²) < 4.78 is 22.2. The summed E-state index contributed by atoms with van der Waals surface area (Å²) in [6, 6.07) is 0. The number of esters is 2. The Kier molecular flexibility index (Phi) is 43.1. The highest BCUT2D eigenvalue weighted by molar-refractivity contribution is 5.70. The van der Waals surface area contributed by atoms with Gasteiger partial charge in [0.2, 0.25) is 0 Å². The van der Waals surface area contributed by atoms with Crippen LogP contribution in [-0.2, 0) is 28.5 Å². The third-order valence-corrected chi connectivity index (χ3v) is 11.8. The van der Waals surface area contributed by atoms with Crippen LogP contribution in [0, 0.1) is 0 Å². The van der Waals surface area contributed by atoms with Gasteiger partial charge in [-0.05, 0) is 77.0 Å². The fourth-order valence-electron chi connectivity index (χ4n) is 7.62. The van der Waals surface area contributed by atoms with Gasteiger partial charge in [0.25, 0.3) is 0 Å². The number of allylic oxidation sites excluding steroid dienone is 14. The molecule has 0 amide bonds. The second kappa shape index (κ2) is 46.6. The minimum Gasteiger partial charge on any atom is -0.462 e. The van der Waals surface area contributed by atoms with Crippen LogP contribution in [0.5, 0.6) is 0 Å². The lowest BCUT2D eigenvalue weighted by atomic mass is 9.99. The van der Waals surface area contributed by atoms with E-state index in [1.807, 2.05) is 12.2 Å². The van der Waals surface area contributed by atoms with E-state index in [0.717, 1.165) is 57.8 Å². The monoisotopic (exact) mass is 941 g/mol. The second-order valence-corrected chi connectivity index (χ2v) is 17.9. The van der Waals surface area contributed by atoms with E-state index in [2.05, 4.69) is 86.8 Å². The van der Waals surface area contributed by atoms with E-state index < -0.39 is 55.4 Å². The van der Waals surface area contributed by atoms with Crippen molar-refractivity contribution in [3.05, 3.63) is 85.1 Å². The standard InChI is InChI=1S/C57H96O10/c1-3-5-7-9-11-13-15-17-19-21-23-24-25-26-28-29-31-33-35-37-39-41-43-45-52(59)64-48-50(49-65-57-56(63)55(62)54(61)51(47-58)67-57)66-53(60)46-44-42-40-38-36-34-32-30-27-22-20-18-16-14-12-10-8-6-4-2/h6,8,12,14,18,20-21,23,27,30,34,36,40,42,50-51,54-58,61-63H,3-5,7,9-11,13,15-17,19,22,24-26,28-29,31-33,35,37-39,41,43-49H2,1-2H3/b8-6-,14-12-,20-18-,23-21-,30-27-,36-34-,42-40-. The third-order valence-electron chi connectivity index (χ3n) is 11.8. The van der Waals surface area contributed by atoms with Crippen molar-refractivity contribution in [2.24, 2.45) is 0 Å². The first kappa shape index (κ1) is 61.9. The van der Waals surface area contributed by atoms with Crippen LogP contribution in [0.3, 0.4) is 0 Å². The molecule has 384 valence electrons. The maximum absolute atomic E-state index is 12.8. The number of hydrogen-bond acceptors (Lipinski definition) is 10. The van der Waals surface area contributed by atoms with Gasteiger partial charge in [-0.1, -0.05) is 202 Å². The van der Waals surface area contributed by atoms with Crippen molar-refractivity contribution < 1.29 is 49.0 Å². The molecule has 10 nitrogen and oxygen atoms in total. The van der Waals surface area contributed by atoms with Crippen LogP contribution in [0.4, 0.5) is 0 Å². The maximum atomic E-state index is 12.8. The molecule has 1 heterocycles. The Hall–Kier alpha value is -3.12. The summed E-state index contributed by atoms with van der Waals surface area (Å²) in [6.45, 7) is 3.25. The highest BCUT2D eigenvalue weighted by atomic mass is 16.7. The Bertz CT molecular complexity index is 1360. The Morgan fingerprint density at radius 3 is 1.39 bits per heavy atom. The summed E-state index contributed by atoms with van der Waals surface area (Å²) in [7, 11) is 0. The summed E-state index contributed by atoms with van der Waals surface area (Å²) in [6.07, 6.45) is 54.7. The molecule has 1 aliphatic heterocycles. The van der Waals surface area contributed by atoms with Crippen molar-refractivity contribution >= 4 is 11.9 Å². The maximum Gasteiger partial charge on any atom is 0.306 e. The van der Waals surface area contributed by atoms with Crippen LogP contribution in [0.25, 0.3) is 0 Å². The number of hydrogen-bond donors (Lipinski definition) is 4. The van der Waals surface area contributed by atoms with Gasteiger partial charge in [0.1, 0.15) is 31.0 Å². The van der Waals surface area contributed by atoms with Gasteiger partial charge in [-0.2, -0.15) is 0 Å². The molecule has 0 aromatic heterocycles. The van der Waals surface area contributed by atoms with E-state index in [1.165, 1.54) is 109 Å². The number of carbonyl (C=O) groups excluding carboxylic acids is 2. The van der Waals surface area contributed by atoms with Crippen LogP contribution < -0.4 is 0 Å². The van der Waals surface area contributed by atoms with Crippen molar-refractivity contribution in [1.82, 2.24) is 0 Å². The fraction of sp³-hybridized carbons (Fsp3) is 0.719. The van der Waals surface area contributed by atoms with Crippen molar-refractivity contribution in [3.8, 4) is 0 Å². The Balaban J connectivity index is 2.29. The predicted molar refractivity (Wildman–Crippen MR) is 274 cm³/mol. The molecule has 0 bridgehead atoms. The Labute approximate surface area is 407 Å². The largest absolute Gasteiger partial charge is 0.462 e. The van der Waals surface area contributed by atoms with Gasteiger partial charge in [-0.15, -0.1) is 0 Å². The average molecular weight is 941 g/mol. The molecule has 0 aromatic carbocycles.